The largest absolute Gasteiger partial charge is 0.454 e. The van der Waals surface area contributed by atoms with Crippen LogP contribution in [0, 0.1) is 0 Å². The summed E-state index contributed by atoms with van der Waals surface area (Å²) in [5, 5.41) is 8.01. The van der Waals surface area contributed by atoms with Crippen LogP contribution in [0.2, 0.25) is 0 Å². The van der Waals surface area contributed by atoms with Gasteiger partial charge in [0.1, 0.15) is 16.9 Å². The van der Waals surface area contributed by atoms with Crippen LogP contribution in [0.5, 0.6) is 11.5 Å². The van der Waals surface area contributed by atoms with E-state index in [1.807, 2.05) is 6.07 Å². The Balaban J connectivity index is 2.64. The zero-order chi connectivity index (χ0) is 15.5. The van der Waals surface area contributed by atoms with E-state index >= 15 is 0 Å². The summed E-state index contributed by atoms with van der Waals surface area (Å²) in [5.74, 6) is 0.509. The second-order valence-corrected chi connectivity index (χ2v) is 5.75. The third kappa shape index (κ3) is 3.39. The Morgan fingerprint density at radius 1 is 1.19 bits per heavy atom. The number of aldehydes is 1. The molecule has 0 heterocycles. The van der Waals surface area contributed by atoms with Gasteiger partial charge in [0.05, 0.1) is 5.69 Å². The van der Waals surface area contributed by atoms with E-state index < -0.39 is 10.0 Å². The van der Waals surface area contributed by atoms with Gasteiger partial charge in [0.2, 0.25) is 10.0 Å². The minimum Gasteiger partial charge on any atom is -0.454 e. The molecule has 3 N–H and O–H groups in total. The number of hydrogen-bond acceptors (Lipinski definition) is 5. The van der Waals surface area contributed by atoms with Crippen molar-refractivity contribution in [2.75, 3.05) is 12.4 Å². The van der Waals surface area contributed by atoms with E-state index in [-0.39, 0.29) is 16.2 Å². The lowest BCUT2D eigenvalue weighted by Gasteiger charge is -2.15. The van der Waals surface area contributed by atoms with Gasteiger partial charge in [-0.15, -0.1) is 0 Å². The van der Waals surface area contributed by atoms with Crippen molar-refractivity contribution in [3.8, 4) is 11.5 Å². The molecule has 0 saturated heterocycles. The van der Waals surface area contributed by atoms with E-state index in [2.05, 4.69) is 5.32 Å². The molecule has 0 radical (unpaired) electrons. The van der Waals surface area contributed by atoms with Gasteiger partial charge in [-0.3, -0.25) is 4.79 Å². The number of primary sulfonamides is 1. The summed E-state index contributed by atoms with van der Waals surface area (Å²) in [7, 11) is -2.45. The lowest BCUT2D eigenvalue weighted by molar-refractivity contribution is 0.112. The smallest absolute Gasteiger partial charge is 0.241 e. The van der Waals surface area contributed by atoms with Crippen LogP contribution in [0.15, 0.2) is 47.4 Å². The number of nitrogens with two attached hydrogens (primary N) is 1. The number of anilines is 1. The molecule has 0 amide bonds. The summed E-state index contributed by atoms with van der Waals surface area (Å²) in [5.41, 5.74) is 0.538. The Kier molecular flexibility index (Phi) is 4.25. The molecule has 2 aromatic rings. The molecular weight excluding hydrogens is 292 g/mol. The van der Waals surface area contributed by atoms with Crippen LogP contribution in [0.1, 0.15) is 10.4 Å². The first kappa shape index (κ1) is 15.0. The Morgan fingerprint density at radius 2 is 1.86 bits per heavy atom. The van der Waals surface area contributed by atoms with Crippen molar-refractivity contribution in [1.29, 1.82) is 0 Å². The van der Waals surface area contributed by atoms with Crippen LogP contribution in [0.3, 0.4) is 0 Å². The normalized spacial score (nSPS) is 11.0. The van der Waals surface area contributed by atoms with E-state index in [9.17, 15) is 13.2 Å². The zero-order valence-electron chi connectivity index (χ0n) is 11.2. The molecule has 0 aliphatic rings. The molecule has 0 aliphatic heterocycles. The summed E-state index contributed by atoms with van der Waals surface area (Å²) >= 11 is 0. The van der Waals surface area contributed by atoms with E-state index in [4.69, 9.17) is 9.88 Å². The Hall–Kier alpha value is -2.38. The van der Waals surface area contributed by atoms with E-state index in [1.54, 1.807) is 31.3 Å². The van der Waals surface area contributed by atoms with Gasteiger partial charge in [-0.25, -0.2) is 13.6 Å². The molecule has 0 bridgehead atoms. The van der Waals surface area contributed by atoms with Gasteiger partial charge in [0, 0.05) is 12.6 Å². The Morgan fingerprint density at radius 3 is 2.38 bits per heavy atom. The molecule has 7 heteroatoms. The maximum absolute atomic E-state index is 11.7. The van der Waals surface area contributed by atoms with Crippen LogP contribution in [-0.2, 0) is 10.0 Å². The second-order valence-electron chi connectivity index (χ2n) is 4.22. The van der Waals surface area contributed by atoms with E-state index in [0.717, 1.165) is 0 Å². The number of para-hydroxylation sites is 1. The molecule has 0 aromatic heterocycles. The van der Waals surface area contributed by atoms with Gasteiger partial charge in [-0.1, -0.05) is 18.2 Å². The van der Waals surface area contributed by atoms with Crippen molar-refractivity contribution < 1.29 is 17.9 Å². The number of nitrogens with one attached hydrogen (secondary N) is 1. The summed E-state index contributed by atoms with van der Waals surface area (Å²) in [6.45, 7) is 0. The van der Waals surface area contributed by atoms with Crippen molar-refractivity contribution in [3.63, 3.8) is 0 Å². The molecule has 0 spiro atoms. The van der Waals surface area contributed by atoms with Crippen LogP contribution in [-0.4, -0.2) is 21.8 Å². The topological polar surface area (TPSA) is 98.5 Å². The summed E-state index contributed by atoms with van der Waals surface area (Å²) in [6, 6.07) is 11.3. The number of ether oxygens (including phenoxy) is 1. The third-order valence-corrected chi connectivity index (χ3v) is 3.67. The van der Waals surface area contributed by atoms with Gasteiger partial charge in [-0.05, 0) is 24.3 Å². The molecule has 2 aromatic carbocycles. The monoisotopic (exact) mass is 306 g/mol. The molecular formula is C14H14N2O4S. The van der Waals surface area contributed by atoms with Crippen LogP contribution in [0.4, 0.5) is 5.69 Å². The Labute approximate surface area is 122 Å². The molecule has 6 nitrogen and oxygen atoms in total. The van der Waals surface area contributed by atoms with Crippen LogP contribution < -0.4 is 15.2 Å². The first-order valence-electron chi connectivity index (χ1n) is 6.02. The number of carbonyl (C=O) groups is 1. The molecule has 0 aliphatic carbocycles. The van der Waals surface area contributed by atoms with Crippen molar-refractivity contribution in [3.05, 3.63) is 48.0 Å². The molecule has 0 fully saturated rings. The molecule has 110 valence electrons. The van der Waals surface area contributed by atoms with Crippen LogP contribution >= 0.6 is 0 Å². The highest BCUT2D eigenvalue weighted by Crippen LogP contribution is 2.36. The maximum Gasteiger partial charge on any atom is 0.241 e. The van der Waals surface area contributed by atoms with E-state index in [1.165, 1.54) is 12.1 Å². The average molecular weight is 306 g/mol. The summed E-state index contributed by atoms with van der Waals surface area (Å²) in [6.07, 6.45) is 0.543. The third-order valence-electron chi connectivity index (χ3n) is 2.75. The summed E-state index contributed by atoms with van der Waals surface area (Å²) < 4.78 is 29.1. The van der Waals surface area contributed by atoms with Gasteiger partial charge in [-0.2, -0.15) is 0 Å². The molecule has 0 saturated carbocycles. The number of rotatable bonds is 5. The Bertz CT molecular complexity index is 758. The first-order chi connectivity index (χ1) is 9.95. The maximum atomic E-state index is 11.7. The van der Waals surface area contributed by atoms with Crippen molar-refractivity contribution in [2.24, 2.45) is 5.14 Å². The fourth-order valence-corrected chi connectivity index (χ4v) is 2.51. The molecule has 0 unspecified atom stereocenters. The fourth-order valence-electron chi connectivity index (χ4n) is 1.80. The molecule has 2 rings (SSSR count). The highest BCUT2D eigenvalue weighted by atomic mass is 32.2. The number of carbonyl (C=O) groups excluding carboxylic acids is 1. The SMILES string of the molecule is CNc1cc(C=O)cc(S(N)(=O)=O)c1Oc1ccccc1. The van der Waals surface area contributed by atoms with Gasteiger partial charge in [0.25, 0.3) is 0 Å². The van der Waals surface area contributed by atoms with Gasteiger partial charge in [0.15, 0.2) is 5.75 Å². The van der Waals surface area contributed by atoms with Gasteiger partial charge < -0.3 is 10.1 Å². The number of sulfonamides is 1. The first-order valence-corrected chi connectivity index (χ1v) is 7.57. The van der Waals surface area contributed by atoms with Crippen LogP contribution in [0.25, 0.3) is 0 Å². The van der Waals surface area contributed by atoms with E-state index in [0.29, 0.717) is 17.7 Å². The van der Waals surface area contributed by atoms with Gasteiger partial charge >= 0.3 is 0 Å². The minimum atomic E-state index is -4.04. The molecule has 21 heavy (non-hydrogen) atoms. The molecule has 0 atom stereocenters. The lowest BCUT2D eigenvalue weighted by atomic mass is 10.2. The average Bonchev–Trinajstić information content (AvgIpc) is 2.47. The standard InChI is InChI=1S/C14H14N2O4S/c1-16-12-7-10(9-17)8-13(21(15,18)19)14(12)20-11-5-3-2-4-6-11/h2-9,16H,1H3,(H2,15,18,19). The second kappa shape index (κ2) is 5.94. The number of benzene rings is 2. The van der Waals surface area contributed by atoms with Crippen molar-refractivity contribution in [2.45, 2.75) is 4.90 Å². The van der Waals surface area contributed by atoms with Crippen molar-refractivity contribution in [1.82, 2.24) is 0 Å². The minimum absolute atomic E-state index is 0.0526. The highest BCUT2D eigenvalue weighted by molar-refractivity contribution is 7.89. The number of hydrogen-bond donors (Lipinski definition) is 2. The highest BCUT2D eigenvalue weighted by Gasteiger charge is 2.21. The lowest BCUT2D eigenvalue weighted by Crippen LogP contribution is -2.14. The zero-order valence-corrected chi connectivity index (χ0v) is 12.1. The predicted molar refractivity (Wildman–Crippen MR) is 79.3 cm³/mol. The quantitative estimate of drug-likeness (QED) is 0.823. The van der Waals surface area contributed by atoms with Crippen molar-refractivity contribution >= 4 is 22.0 Å². The summed E-state index contributed by atoms with van der Waals surface area (Å²) in [4.78, 5) is 10.7. The fraction of sp³-hybridized carbons (Fsp3) is 0.0714. The predicted octanol–water partition coefficient (Wildman–Crippen LogP) is 1.98.